The van der Waals surface area contributed by atoms with Crippen molar-refractivity contribution in [2.75, 3.05) is 0 Å². The fraction of sp³-hybridized carbons (Fsp3) is 0.312. The van der Waals surface area contributed by atoms with Gasteiger partial charge < -0.3 is 0 Å². The largest absolute Gasteiger partial charge is 0.0620 e. The Hall–Kier alpha value is -2.86. The van der Waals surface area contributed by atoms with E-state index >= 15 is 0 Å². The van der Waals surface area contributed by atoms with Gasteiger partial charge in [-0.25, -0.2) is 0 Å². The van der Waals surface area contributed by atoms with E-state index in [1.165, 1.54) is 66.4 Å². The highest BCUT2D eigenvalue weighted by Gasteiger charge is 2.07. The van der Waals surface area contributed by atoms with Gasteiger partial charge in [-0.1, -0.05) is 60.7 Å². The number of aryl methyl sites for hydroxylation is 4. The second kappa shape index (κ2) is 11.1. The number of hydrogen-bond donors (Lipinski definition) is 0. The van der Waals surface area contributed by atoms with Crippen LogP contribution in [0.4, 0.5) is 0 Å². The maximum atomic E-state index is 2.24. The summed E-state index contributed by atoms with van der Waals surface area (Å²) >= 11 is 0. The molecule has 0 amide bonds. The maximum absolute atomic E-state index is 2.24. The minimum atomic E-state index is 1.33. The lowest BCUT2D eigenvalue weighted by Crippen LogP contribution is -1.98. The molecule has 0 fully saturated rings. The summed E-state index contributed by atoms with van der Waals surface area (Å²) in [5.74, 6) is 0. The van der Waals surface area contributed by atoms with Crippen LogP contribution in [0.3, 0.4) is 0 Å². The first-order chi connectivity index (χ1) is 15.0. The van der Waals surface area contributed by atoms with Crippen LogP contribution in [-0.4, -0.2) is 0 Å². The van der Waals surface area contributed by atoms with Crippen LogP contribution >= 0.6 is 0 Å². The lowest BCUT2D eigenvalue weighted by molar-refractivity contribution is 1.13. The van der Waals surface area contributed by atoms with Crippen LogP contribution in [0, 0.1) is 69.2 Å². The molecule has 0 aromatic heterocycles. The third-order valence-electron chi connectivity index (χ3n) is 7.16. The average molecular weight is 425 g/mol. The van der Waals surface area contributed by atoms with Crippen molar-refractivity contribution in [1.82, 2.24) is 0 Å². The molecule has 0 unspecified atom stereocenters. The van der Waals surface area contributed by atoms with Crippen LogP contribution in [0.15, 0.2) is 60.7 Å². The average Bonchev–Trinajstić information content (AvgIpc) is 2.79. The Kier molecular flexibility index (Phi) is 8.84. The van der Waals surface area contributed by atoms with Crippen molar-refractivity contribution in [3.8, 4) is 0 Å². The van der Waals surface area contributed by atoms with Gasteiger partial charge in [0.15, 0.2) is 0 Å². The summed E-state index contributed by atoms with van der Waals surface area (Å²) in [6.07, 6.45) is 0. The topological polar surface area (TPSA) is 0 Å². The number of fused-ring (bicyclic) bond motifs is 1. The van der Waals surface area contributed by atoms with Gasteiger partial charge in [0.1, 0.15) is 0 Å². The second-order valence-corrected chi connectivity index (χ2v) is 9.12. The maximum Gasteiger partial charge on any atom is -0.0181 e. The van der Waals surface area contributed by atoms with Crippen molar-refractivity contribution in [3.05, 3.63) is 116 Å². The van der Waals surface area contributed by atoms with Crippen molar-refractivity contribution in [2.45, 2.75) is 69.2 Å². The lowest BCUT2D eigenvalue weighted by atomic mass is 9.90. The zero-order chi connectivity index (χ0) is 24.0. The standard InChI is InChI=1S/C12H12.C12H18.C8H10/c1-9-7-11-5-3-4-6-12(11)8-10(9)2;1-7-8(2)10(4)12(6)11(5)9(7)3;1-7-5-3-4-6-8(7)2/h3-8H,1-2H3;1-6H3;3-6H,1-2H3. The van der Waals surface area contributed by atoms with Gasteiger partial charge in [0.25, 0.3) is 0 Å². The monoisotopic (exact) mass is 424 g/mol. The second-order valence-electron chi connectivity index (χ2n) is 9.12. The summed E-state index contributed by atoms with van der Waals surface area (Å²) in [6, 6.07) is 21.3. The van der Waals surface area contributed by atoms with Gasteiger partial charge in [0, 0.05) is 0 Å². The van der Waals surface area contributed by atoms with E-state index in [0.29, 0.717) is 0 Å². The number of hydrogen-bond acceptors (Lipinski definition) is 0. The van der Waals surface area contributed by atoms with Crippen molar-refractivity contribution >= 4 is 10.8 Å². The normalized spacial score (nSPS) is 10.2. The zero-order valence-corrected chi connectivity index (χ0v) is 21.8. The van der Waals surface area contributed by atoms with Crippen LogP contribution in [0.1, 0.15) is 55.6 Å². The van der Waals surface area contributed by atoms with Crippen molar-refractivity contribution in [2.24, 2.45) is 0 Å². The smallest absolute Gasteiger partial charge is 0.0181 e. The molecule has 0 heterocycles. The van der Waals surface area contributed by atoms with Crippen LogP contribution in [0.25, 0.3) is 10.8 Å². The molecule has 0 bridgehead atoms. The van der Waals surface area contributed by atoms with Crippen molar-refractivity contribution in [1.29, 1.82) is 0 Å². The fourth-order valence-electron chi connectivity index (χ4n) is 3.82. The quantitative estimate of drug-likeness (QED) is 0.264. The Balaban J connectivity index is 0.000000174. The molecule has 0 aliphatic heterocycles. The van der Waals surface area contributed by atoms with Crippen LogP contribution in [0.5, 0.6) is 0 Å². The molecule has 4 aromatic carbocycles. The minimum absolute atomic E-state index is 1.33. The van der Waals surface area contributed by atoms with Gasteiger partial charge in [0.05, 0.1) is 0 Å². The summed E-state index contributed by atoms with van der Waals surface area (Å²) in [4.78, 5) is 0. The molecular formula is C32H40. The Morgan fingerprint density at radius 2 is 0.562 bits per heavy atom. The van der Waals surface area contributed by atoms with Gasteiger partial charge in [0.2, 0.25) is 0 Å². The van der Waals surface area contributed by atoms with E-state index in [0.717, 1.165) is 0 Å². The van der Waals surface area contributed by atoms with Gasteiger partial charge in [-0.05, 0) is 136 Å². The van der Waals surface area contributed by atoms with E-state index in [-0.39, 0.29) is 0 Å². The molecule has 0 heteroatoms. The predicted octanol–water partition coefficient (Wildman–Crippen LogP) is 9.30. The van der Waals surface area contributed by atoms with Crippen molar-refractivity contribution < 1.29 is 0 Å². The Bertz CT molecular complexity index is 1040. The molecule has 0 aliphatic rings. The predicted molar refractivity (Wildman–Crippen MR) is 144 cm³/mol. The van der Waals surface area contributed by atoms with E-state index in [1.807, 2.05) is 0 Å². The first-order valence-electron chi connectivity index (χ1n) is 11.6. The first kappa shape index (κ1) is 25.4. The van der Waals surface area contributed by atoms with E-state index in [1.54, 1.807) is 0 Å². The molecule has 0 saturated carbocycles. The highest BCUT2D eigenvalue weighted by molar-refractivity contribution is 5.83. The minimum Gasteiger partial charge on any atom is -0.0620 e. The van der Waals surface area contributed by atoms with Crippen LogP contribution in [0.2, 0.25) is 0 Å². The van der Waals surface area contributed by atoms with Crippen LogP contribution < -0.4 is 0 Å². The molecule has 4 aromatic rings. The summed E-state index contributed by atoms with van der Waals surface area (Å²) in [5, 5.41) is 2.67. The third-order valence-corrected chi connectivity index (χ3v) is 7.16. The molecule has 0 radical (unpaired) electrons. The van der Waals surface area contributed by atoms with Gasteiger partial charge in [-0.2, -0.15) is 0 Å². The summed E-state index contributed by atoms with van der Waals surface area (Å²) in [5.41, 5.74) is 14.2. The molecule has 0 nitrogen and oxygen atoms in total. The molecule has 0 spiro atoms. The van der Waals surface area contributed by atoms with Gasteiger partial charge in [-0.15, -0.1) is 0 Å². The molecule has 32 heavy (non-hydrogen) atoms. The third kappa shape index (κ3) is 6.10. The summed E-state index contributed by atoms with van der Waals surface area (Å²) in [6.45, 7) is 21.8. The van der Waals surface area contributed by atoms with E-state index in [2.05, 4.69) is 130 Å². The number of rotatable bonds is 0. The molecule has 0 atom stereocenters. The zero-order valence-electron chi connectivity index (χ0n) is 21.8. The summed E-state index contributed by atoms with van der Waals surface area (Å²) < 4.78 is 0. The molecule has 0 saturated heterocycles. The van der Waals surface area contributed by atoms with Crippen LogP contribution in [-0.2, 0) is 0 Å². The van der Waals surface area contributed by atoms with Gasteiger partial charge in [-0.3, -0.25) is 0 Å². The highest BCUT2D eigenvalue weighted by Crippen LogP contribution is 2.24. The van der Waals surface area contributed by atoms with Crippen molar-refractivity contribution in [3.63, 3.8) is 0 Å². The molecule has 168 valence electrons. The molecule has 0 N–H and O–H groups in total. The SMILES string of the molecule is Cc1c(C)c(C)c(C)c(C)c1C.Cc1cc2ccccc2cc1C.Cc1ccccc1C. The molecular weight excluding hydrogens is 384 g/mol. The first-order valence-corrected chi connectivity index (χ1v) is 11.6. The molecule has 4 rings (SSSR count). The fourth-order valence-corrected chi connectivity index (χ4v) is 3.82. The van der Waals surface area contributed by atoms with Gasteiger partial charge >= 0.3 is 0 Å². The highest BCUT2D eigenvalue weighted by atomic mass is 14.1. The van der Waals surface area contributed by atoms with E-state index in [4.69, 9.17) is 0 Å². The number of benzene rings is 4. The summed E-state index contributed by atoms with van der Waals surface area (Å²) in [7, 11) is 0. The Morgan fingerprint density at radius 3 is 0.812 bits per heavy atom. The Morgan fingerprint density at radius 1 is 0.312 bits per heavy atom. The Labute approximate surface area is 196 Å². The van der Waals surface area contributed by atoms with E-state index in [9.17, 15) is 0 Å². The molecule has 0 aliphatic carbocycles. The van der Waals surface area contributed by atoms with E-state index < -0.39 is 0 Å². The lowest BCUT2D eigenvalue weighted by Gasteiger charge is -2.15.